The van der Waals surface area contributed by atoms with Gasteiger partial charge in [0.2, 0.25) is 5.91 Å². The molecule has 0 aromatic carbocycles. The Hall–Kier alpha value is -1.40. The van der Waals surface area contributed by atoms with Crippen LogP contribution in [0.15, 0.2) is 0 Å². The Morgan fingerprint density at radius 1 is 1.13 bits per heavy atom. The van der Waals surface area contributed by atoms with Crippen LogP contribution in [0.5, 0.6) is 0 Å². The summed E-state index contributed by atoms with van der Waals surface area (Å²) in [6, 6.07) is 0. The number of hydrogen-bond donors (Lipinski definition) is 1. The van der Waals surface area contributed by atoms with Crippen LogP contribution in [-0.4, -0.2) is 43.5 Å². The summed E-state index contributed by atoms with van der Waals surface area (Å²) in [6.07, 6.45) is 6.09. The zero-order valence-corrected chi connectivity index (χ0v) is 15.1. The number of rotatable bonds is 4. The predicted octanol–water partition coefficient (Wildman–Crippen LogP) is 3.36. The lowest BCUT2D eigenvalue weighted by atomic mass is 10.1. The summed E-state index contributed by atoms with van der Waals surface area (Å²) in [7, 11) is 1.36. The standard InChI is InChI=1S/C17H26N2O3S/c1-12-13(2)23-16(15(12)17(21)22-3)18-14(20)11-19-9-7-5-4-6-8-10-19/h4-11H2,1-3H3,(H,18,20). The van der Waals surface area contributed by atoms with E-state index in [1.54, 1.807) is 0 Å². The van der Waals surface area contributed by atoms with Crippen LogP contribution in [0.3, 0.4) is 0 Å². The van der Waals surface area contributed by atoms with E-state index in [1.165, 1.54) is 37.7 Å². The molecule has 6 heteroatoms. The quantitative estimate of drug-likeness (QED) is 0.855. The number of amides is 1. The minimum Gasteiger partial charge on any atom is -0.465 e. The molecule has 1 aliphatic rings. The number of hydrogen-bond acceptors (Lipinski definition) is 5. The molecular weight excluding hydrogens is 312 g/mol. The maximum atomic E-state index is 12.4. The number of esters is 1. The van der Waals surface area contributed by atoms with Crippen LogP contribution < -0.4 is 5.32 Å². The first-order chi connectivity index (χ1) is 11.0. The number of methoxy groups -OCH3 is 1. The largest absolute Gasteiger partial charge is 0.465 e. The van der Waals surface area contributed by atoms with Gasteiger partial charge < -0.3 is 10.1 Å². The number of carbonyl (C=O) groups excluding carboxylic acids is 2. The van der Waals surface area contributed by atoms with Crippen LogP contribution in [0.4, 0.5) is 5.00 Å². The van der Waals surface area contributed by atoms with E-state index >= 15 is 0 Å². The first kappa shape index (κ1) is 17.9. The molecule has 128 valence electrons. The highest BCUT2D eigenvalue weighted by molar-refractivity contribution is 7.16. The van der Waals surface area contributed by atoms with Crippen molar-refractivity contribution in [1.29, 1.82) is 0 Å². The molecule has 2 heterocycles. The average molecular weight is 338 g/mol. The SMILES string of the molecule is COC(=O)c1c(NC(=O)CN2CCCCCCC2)sc(C)c1C. The first-order valence-electron chi connectivity index (χ1n) is 8.23. The van der Waals surface area contributed by atoms with Gasteiger partial charge in [-0.15, -0.1) is 11.3 Å². The van der Waals surface area contributed by atoms with Gasteiger partial charge in [-0.25, -0.2) is 4.79 Å². The van der Waals surface area contributed by atoms with Gasteiger partial charge in [0, 0.05) is 4.88 Å². The molecule has 1 saturated heterocycles. The fraction of sp³-hybridized carbons (Fsp3) is 0.647. The molecule has 0 unspecified atom stereocenters. The predicted molar refractivity (Wildman–Crippen MR) is 93.3 cm³/mol. The Labute approximate surface area is 142 Å². The Morgan fingerprint density at radius 3 is 2.35 bits per heavy atom. The van der Waals surface area contributed by atoms with E-state index in [1.807, 2.05) is 13.8 Å². The zero-order chi connectivity index (χ0) is 16.8. The first-order valence-corrected chi connectivity index (χ1v) is 9.05. The Bertz CT molecular complexity index is 560. The smallest absolute Gasteiger partial charge is 0.341 e. The van der Waals surface area contributed by atoms with Crippen molar-refractivity contribution < 1.29 is 14.3 Å². The van der Waals surface area contributed by atoms with Crippen molar-refractivity contribution in [2.24, 2.45) is 0 Å². The molecule has 0 spiro atoms. The van der Waals surface area contributed by atoms with Gasteiger partial charge in [-0.1, -0.05) is 19.3 Å². The molecule has 1 fully saturated rings. The van der Waals surface area contributed by atoms with E-state index in [9.17, 15) is 9.59 Å². The van der Waals surface area contributed by atoms with Crippen LogP contribution in [0.2, 0.25) is 0 Å². The van der Waals surface area contributed by atoms with Crippen molar-refractivity contribution in [2.45, 2.75) is 46.0 Å². The van der Waals surface area contributed by atoms with Gasteiger partial charge in [-0.2, -0.15) is 0 Å². The van der Waals surface area contributed by atoms with E-state index in [-0.39, 0.29) is 5.91 Å². The summed E-state index contributed by atoms with van der Waals surface area (Å²) in [5, 5.41) is 3.51. The third kappa shape index (κ3) is 4.78. The molecule has 0 bridgehead atoms. The number of nitrogens with zero attached hydrogens (tertiary/aromatic N) is 1. The summed E-state index contributed by atoms with van der Waals surface area (Å²) in [5.41, 5.74) is 1.36. The summed E-state index contributed by atoms with van der Waals surface area (Å²) in [6.45, 7) is 6.16. The van der Waals surface area contributed by atoms with Gasteiger partial charge in [0.05, 0.1) is 19.2 Å². The molecule has 1 aromatic heterocycles. The van der Waals surface area contributed by atoms with E-state index in [0.29, 0.717) is 17.1 Å². The second-order valence-corrected chi connectivity index (χ2v) is 7.30. The van der Waals surface area contributed by atoms with E-state index in [2.05, 4.69) is 10.2 Å². The van der Waals surface area contributed by atoms with Gasteiger partial charge in [-0.05, 0) is 45.3 Å². The fourth-order valence-corrected chi connectivity index (χ4v) is 3.97. The molecule has 1 N–H and O–H groups in total. The van der Waals surface area contributed by atoms with Gasteiger partial charge in [0.15, 0.2) is 0 Å². The summed E-state index contributed by atoms with van der Waals surface area (Å²) < 4.78 is 4.84. The summed E-state index contributed by atoms with van der Waals surface area (Å²) >= 11 is 1.43. The second-order valence-electron chi connectivity index (χ2n) is 6.07. The van der Waals surface area contributed by atoms with E-state index in [0.717, 1.165) is 36.4 Å². The van der Waals surface area contributed by atoms with Crippen LogP contribution in [0.25, 0.3) is 0 Å². The van der Waals surface area contributed by atoms with Crippen LogP contribution in [0, 0.1) is 13.8 Å². The molecule has 1 aromatic rings. The zero-order valence-electron chi connectivity index (χ0n) is 14.2. The van der Waals surface area contributed by atoms with Crippen molar-refractivity contribution in [1.82, 2.24) is 4.90 Å². The van der Waals surface area contributed by atoms with Gasteiger partial charge in [-0.3, -0.25) is 9.69 Å². The van der Waals surface area contributed by atoms with E-state index in [4.69, 9.17) is 4.74 Å². The van der Waals surface area contributed by atoms with Crippen molar-refractivity contribution in [3.05, 3.63) is 16.0 Å². The van der Waals surface area contributed by atoms with Gasteiger partial charge in [0.25, 0.3) is 0 Å². The highest BCUT2D eigenvalue weighted by Gasteiger charge is 2.22. The maximum absolute atomic E-state index is 12.4. The van der Waals surface area contributed by atoms with Crippen molar-refractivity contribution in [2.75, 3.05) is 32.1 Å². The van der Waals surface area contributed by atoms with Crippen LogP contribution >= 0.6 is 11.3 Å². The van der Waals surface area contributed by atoms with Crippen LogP contribution in [0.1, 0.15) is 52.9 Å². The molecular formula is C17H26N2O3S. The molecule has 1 aliphatic heterocycles. The number of likely N-dealkylation sites (tertiary alicyclic amines) is 1. The number of nitrogens with one attached hydrogen (secondary N) is 1. The lowest BCUT2D eigenvalue weighted by molar-refractivity contribution is -0.117. The maximum Gasteiger partial charge on any atom is 0.341 e. The molecule has 0 saturated carbocycles. The molecule has 23 heavy (non-hydrogen) atoms. The van der Waals surface area contributed by atoms with Crippen molar-refractivity contribution in [3.8, 4) is 0 Å². The highest BCUT2D eigenvalue weighted by Crippen LogP contribution is 2.32. The second kappa shape index (κ2) is 8.45. The average Bonchev–Trinajstić information content (AvgIpc) is 2.75. The third-order valence-corrected chi connectivity index (χ3v) is 5.47. The normalized spacial score (nSPS) is 16.5. The summed E-state index contributed by atoms with van der Waals surface area (Å²) in [5.74, 6) is -0.453. The molecule has 2 rings (SSSR count). The van der Waals surface area contributed by atoms with Crippen molar-refractivity contribution in [3.63, 3.8) is 0 Å². The van der Waals surface area contributed by atoms with E-state index < -0.39 is 5.97 Å². The van der Waals surface area contributed by atoms with Gasteiger partial charge in [0.1, 0.15) is 5.00 Å². The topological polar surface area (TPSA) is 58.6 Å². The van der Waals surface area contributed by atoms with Crippen LogP contribution in [-0.2, 0) is 9.53 Å². The fourth-order valence-electron chi connectivity index (χ4n) is 2.90. The number of aryl methyl sites for hydroxylation is 1. The number of thiophene rings is 1. The summed E-state index contributed by atoms with van der Waals surface area (Å²) in [4.78, 5) is 27.5. The van der Waals surface area contributed by atoms with Gasteiger partial charge >= 0.3 is 5.97 Å². The molecule has 0 aliphatic carbocycles. The third-order valence-electron chi connectivity index (χ3n) is 4.34. The Balaban J connectivity index is 2.02. The molecule has 0 radical (unpaired) electrons. The van der Waals surface area contributed by atoms with Crippen molar-refractivity contribution >= 4 is 28.2 Å². The lowest BCUT2D eigenvalue weighted by Crippen LogP contribution is -2.35. The molecule has 1 amide bonds. The molecule has 5 nitrogen and oxygen atoms in total. The highest BCUT2D eigenvalue weighted by atomic mass is 32.1. The monoisotopic (exact) mass is 338 g/mol. The molecule has 0 atom stereocenters. The minimum atomic E-state index is -0.395. The number of carbonyl (C=O) groups is 2. The number of anilines is 1. The Morgan fingerprint density at radius 2 is 1.74 bits per heavy atom. The Kier molecular flexibility index (Phi) is 6.59. The minimum absolute atomic E-state index is 0.0584. The lowest BCUT2D eigenvalue weighted by Gasteiger charge is -2.23. The number of ether oxygens (including phenoxy) is 1.